The van der Waals surface area contributed by atoms with Gasteiger partial charge in [-0.25, -0.2) is 4.98 Å². The molecule has 1 saturated carbocycles. The van der Waals surface area contributed by atoms with Gasteiger partial charge in [0.15, 0.2) is 0 Å². The molecule has 1 fully saturated rings. The second-order valence-corrected chi connectivity index (χ2v) is 8.70. The van der Waals surface area contributed by atoms with Crippen LogP contribution in [0.15, 0.2) is 48.7 Å². The fraction of sp³-hybridized carbons (Fsp3) is 0.480. The summed E-state index contributed by atoms with van der Waals surface area (Å²) >= 11 is 0. The third kappa shape index (κ3) is 7.97. The molecule has 0 bridgehead atoms. The molecule has 0 saturated heterocycles. The largest absolute Gasteiger partial charge is 0.462 e. The third-order valence-electron chi connectivity index (χ3n) is 5.10. The van der Waals surface area contributed by atoms with E-state index in [9.17, 15) is 9.59 Å². The maximum Gasteiger partial charge on any atom is 0.293 e. The Morgan fingerprint density at radius 1 is 1.10 bits per heavy atom. The van der Waals surface area contributed by atoms with Gasteiger partial charge in [0, 0.05) is 13.1 Å². The van der Waals surface area contributed by atoms with Gasteiger partial charge >= 0.3 is 0 Å². The van der Waals surface area contributed by atoms with E-state index in [1.54, 1.807) is 18.0 Å². The SMILES string of the molecule is CC(=O)N(Cc1ccc(C2CCCCC2)cc1)c1ccccn1.CC(C)(C)OC=O. The summed E-state index contributed by atoms with van der Waals surface area (Å²) in [6.45, 7) is 8.08. The molecular formula is C25H34N2O3. The Kier molecular flexibility index (Phi) is 9.03. The number of carbonyl (C=O) groups excluding carboxylic acids is 2. The van der Waals surface area contributed by atoms with Crippen molar-refractivity contribution < 1.29 is 14.3 Å². The first-order valence-corrected chi connectivity index (χ1v) is 10.7. The van der Waals surface area contributed by atoms with Crippen LogP contribution in [0.5, 0.6) is 0 Å². The van der Waals surface area contributed by atoms with Crippen molar-refractivity contribution in [2.75, 3.05) is 4.90 Å². The van der Waals surface area contributed by atoms with E-state index >= 15 is 0 Å². The predicted octanol–water partition coefficient (Wildman–Crippen LogP) is 5.64. The quantitative estimate of drug-likeness (QED) is 0.599. The molecule has 2 aromatic rings. The van der Waals surface area contributed by atoms with Crippen molar-refractivity contribution in [3.05, 3.63) is 59.8 Å². The van der Waals surface area contributed by atoms with E-state index in [1.165, 1.54) is 37.7 Å². The van der Waals surface area contributed by atoms with Crippen molar-refractivity contribution in [1.82, 2.24) is 4.98 Å². The highest BCUT2D eigenvalue weighted by molar-refractivity contribution is 5.90. The molecule has 0 radical (unpaired) electrons. The van der Waals surface area contributed by atoms with Crippen LogP contribution in [0.2, 0.25) is 0 Å². The first-order valence-electron chi connectivity index (χ1n) is 10.7. The van der Waals surface area contributed by atoms with Crippen molar-refractivity contribution >= 4 is 18.2 Å². The number of ether oxygens (including phenoxy) is 1. The highest BCUT2D eigenvalue weighted by atomic mass is 16.5. The standard InChI is InChI=1S/C20H24N2O.C5H10O2/c1-16(23)22(20-9-5-6-14-21-20)15-17-10-12-19(13-11-17)18-7-3-2-4-8-18;1-5(2,3)7-4-6/h5-6,9-14,18H,2-4,7-8,15H2,1H3;4H,1-3H3. The van der Waals surface area contributed by atoms with Gasteiger partial charge in [-0.3, -0.25) is 14.5 Å². The van der Waals surface area contributed by atoms with E-state index in [0.29, 0.717) is 18.8 Å². The number of benzene rings is 1. The Labute approximate surface area is 180 Å². The van der Waals surface area contributed by atoms with E-state index in [1.807, 2.05) is 39.0 Å². The summed E-state index contributed by atoms with van der Waals surface area (Å²) in [5.74, 6) is 1.44. The number of hydrogen-bond donors (Lipinski definition) is 0. The molecular weight excluding hydrogens is 376 g/mol. The van der Waals surface area contributed by atoms with Crippen molar-refractivity contribution in [3.8, 4) is 0 Å². The summed E-state index contributed by atoms with van der Waals surface area (Å²) < 4.78 is 4.55. The summed E-state index contributed by atoms with van der Waals surface area (Å²) in [4.78, 5) is 27.6. The molecule has 0 spiro atoms. The van der Waals surface area contributed by atoms with Gasteiger partial charge in [0.1, 0.15) is 11.4 Å². The number of nitrogens with zero attached hydrogens (tertiary/aromatic N) is 2. The third-order valence-corrected chi connectivity index (χ3v) is 5.10. The van der Waals surface area contributed by atoms with Crippen LogP contribution >= 0.6 is 0 Å². The fourth-order valence-electron chi connectivity index (χ4n) is 3.53. The summed E-state index contributed by atoms with van der Waals surface area (Å²) in [5.41, 5.74) is 2.27. The lowest BCUT2D eigenvalue weighted by atomic mass is 9.84. The lowest BCUT2D eigenvalue weighted by molar-refractivity contribution is -0.138. The van der Waals surface area contributed by atoms with Crippen molar-refractivity contribution in [1.29, 1.82) is 0 Å². The lowest BCUT2D eigenvalue weighted by Gasteiger charge is -2.23. The topological polar surface area (TPSA) is 59.5 Å². The molecule has 0 unspecified atom stereocenters. The molecule has 0 N–H and O–H groups in total. The second kappa shape index (κ2) is 11.5. The molecule has 1 aromatic heterocycles. The maximum atomic E-state index is 11.9. The summed E-state index contributed by atoms with van der Waals surface area (Å²) in [5, 5.41) is 0. The average molecular weight is 411 g/mol. The molecule has 1 aliphatic rings. The highest BCUT2D eigenvalue weighted by Crippen LogP contribution is 2.32. The Morgan fingerprint density at radius 2 is 1.77 bits per heavy atom. The molecule has 1 amide bonds. The van der Waals surface area contributed by atoms with E-state index in [4.69, 9.17) is 0 Å². The van der Waals surface area contributed by atoms with E-state index < -0.39 is 0 Å². The van der Waals surface area contributed by atoms with Crippen LogP contribution in [0.4, 0.5) is 5.82 Å². The zero-order valence-electron chi connectivity index (χ0n) is 18.6. The molecule has 5 heteroatoms. The maximum absolute atomic E-state index is 11.9. The van der Waals surface area contributed by atoms with Crippen LogP contribution in [0.3, 0.4) is 0 Å². The minimum absolute atomic E-state index is 0.0139. The number of anilines is 1. The molecule has 0 atom stereocenters. The summed E-state index contributed by atoms with van der Waals surface area (Å²) in [6, 6.07) is 14.4. The zero-order valence-corrected chi connectivity index (χ0v) is 18.6. The van der Waals surface area contributed by atoms with Gasteiger partial charge in [0.2, 0.25) is 5.91 Å². The van der Waals surface area contributed by atoms with Crippen LogP contribution in [0, 0.1) is 0 Å². The van der Waals surface area contributed by atoms with Crippen LogP contribution in [0.25, 0.3) is 0 Å². The molecule has 3 rings (SSSR count). The van der Waals surface area contributed by atoms with Crippen LogP contribution in [-0.2, 0) is 20.9 Å². The first-order chi connectivity index (χ1) is 14.3. The summed E-state index contributed by atoms with van der Waals surface area (Å²) in [6.07, 6.45) is 8.43. The predicted molar refractivity (Wildman–Crippen MR) is 120 cm³/mol. The van der Waals surface area contributed by atoms with Gasteiger partial charge in [-0.1, -0.05) is 49.6 Å². The van der Waals surface area contributed by atoms with Crippen LogP contribution in [-0.4, -0.2) is 23.0 Å². The highest BCUT2D eigenvalue weighted by Gasteiger charge is 2.16. The summed E-state index contributed by atoms with van der Waals surface area (Å²) in [7, 11) is 0. The minimum atomic E-state index is -0.318. The lowest BCUT2D eigenvalue weighted by Crippen LogP contribution is -2.28. The second-order valence-electron chi connectivity index (χ2n) is 8.70. The number of rotatable bonds is 5. The Morgan fingerprint density at radius 3 is 2.23 bits per heavy atom. The van der Waals surface area contributed by atoms with E-state index in [-0.39, 0.29) is 11.5 Å². The molecule has 1 aromatic carbocycles. The van der Waals surface area contributed by atoms with Gasteiger partial charge < -0.3 is 4.74 Å². The number of pyridine rings is 1. The zero-order chi connectivity index (χ0) is 22.0. The van der Waals surface area contributed by atoms with Gasteiger partial charge in [0.05, 0.1) is 6.54 Å². The molecule has 0 aliphatic heterocycles. The Balaban J connectivity index is 0.000000396. The number of aromatic nitrogens is 1. The average Bonchev–Trinajstić information content (AvgIpc) is 2.73. The number of carbonyl (C=O) groups is 2. The normalized spacial score (nSPS) is 14.3. The van der Waals surface area contributed by atoms with Crippen LogP contribution < -0.4 is 4.90 Å². The number of hydrogen-bond acceptors (Lipinski definition) is 4. The van der Waals surface area contributed by atoms with Gasteiger partial charge in [0.25, 0.3) is 6.47 Å². The van der Waals surface area contributed by atoms with E-state index in [2.05, 4.69) is 34.0 Å². The van der Waals surface area contributed by atoms with E-state index in [0.717, 1.165) is 11.5 Å². The van der Waals surface area contributed by atoms with Crippen molar-refractivity contribution in [3.63, 3.8) is 0 Å². The van der Waals surface area contributed by atoms with Gasteiger partial charge in [-0.05, 0) is 62.8 Å². The molecule has 162 valence electrons. The van der Waals surface area contributed by atoms with Crippen LogP contribution in [0.1, 0.15) is 76.8 Å². The minimum Gasteiger partial charge on any atom is -0.462 e. The molecule has 1 heterocycles. The van der Waals surface area contributed by atoms with Gasteiger partial charge in [-0.15, -0.1) is 0 Å². The molecule has 1 aliphatic carbocycles. The monoisotopic (exact) mass is 410 g/mol. The van der Waals surface area contributed by atoms with Crippen molar-refractivity contribution in [2.24, 2.45) is 0 Å². The smallest absolute Gasteiger partial charge is 0.293 e. The first kappa shape index (κ1) is 23.6. The number of amides is 1. The van der Waals surface area contributed by atoms with Crippen molar-refractivity contribution in [2.45, 2.75) is 77.9 Å². The molecule has 5 nitrogen and oxygen atoms in total. The molecule has 30 heavy (non-hydrogen) atoms. The Hall–Kier alpha value is -2.69. The van der Waals surface area contributed by atoms with Gasteiger partial charge in [-0.2, -0.15) is 0 Å². The fourth-order valence-corrected chi connectivity index (χ4v) is 3.53. The Bertz CT molecular complexity index is 776.